The number of sulfonamides is 1. The van der Waals surface area contributed by atoms with Crippen LogP contribution in [0.5, 0.6) is 11.5 Å². The van der Waals surface area contributed by atoms with Gasteiger partial charge in [-0.1, -0.05) is 17.7 Å². The smallest absolute Gasteiger partial charge is 0.260 e. The normalized spacial score (nSPS) is 15.6. The van der Waals surface area contributed by atoms with Gasteiger partial charge in [-0.3, -0.25) is 4.79 Å². The van der Waals surface area contributed by atoms with E-state index >= 15 is 0 Å². The van der Waals surface area contributed by atoms with Crippen LogP contribution in [-0.4, -0.2) is 63.4 Å². The average Bonchev–Trinajstić information content (AvgIpc) is 2.99. The zero-order valence-corrected chi connectivity index (χ0v) is 17.5. The first-order chi connectivity index (χ1) is 13.9. The maximum Gasteiger partial charge on any atom is 0.260 e. The zero-order valence-electron chi connectivity index (χ0n) is 16.7. The Morgan fingerprint density at radius 3 is 2.24 bits per heavy atom. The lowest BCUT2D eigenvalue weighted by atomic mass is 10.2. The summed E-state index contributed by atoms with van der Waals surface area (Å²) in [5, 5.41) is 0. The molecule has 0 aromatic heterocycles. The van der Waals surface area contributed by atoms with Crippen molar-refractivity contribution in [3.8, 4) is 11.5 Å². The molecule has 2 aromatic rings. The molecule has 1 fully saturated rings. The summed E-state index contributed by atoms with van der Waals surface area (Å²) in [5.74, 6) is 1.14. The number of hydrogen-bond donors (Lipinski definition) is 0. The zero-order chi connectivity index (χ0) is 20.9. The van der Waals surface area contributed by atoms with E-state index in [1.54, 1.807) is 60.5 Å². The van der Waals surface area contributed by atoms with Gasteiger partial charge in [-0.15, -0.1) is 0 Å². The molecule has 1 amide bonds. The summed E-state index contributed by atoms with van der Waals surface area (Å²) < 4.78 is 37.9. The Bertz CT molecular complexity index is 927. The Kier molecular flexibility index (Phi) is 6.76. The van der Waals surface area contributed by atoms with E-state index in [2.05, 4.69) is 0 Å². The second kappa shape index (κ2) is 9.28. The third kappa shape index (κ3) is 5.27. The van der Waals surface area contributed by atoms with Gasteiger partial charge in [0.1, 0.15) is 11.5 Å². The van der Waals surface area contributed by atoms with Crippen LogP contribution in [0.2, 0.25) is 0 Å². The fourth-order valence-electron chi connectivity index (χ4n) is 3.15. The van der Waals surface area contributed by atoms with Gasteiger partial charge in [-0.2, -0.15) is 4.31 Å². The van der Waals surface area contributed by atoms with Crippen LogP contribution in [0, 0.1) is 6.92 Å². The first kappa shape index (κ1) is 21.1. The molecule has 2 aromatic carbocycles. The summed E-state index contributed by atoms with van der Waals surface area (Å²) in [6.45, 7) is 3.33. The van der Waals surface area contributed by atoms with Gasteiger partial charge in [-0.25, -0.2) is 8.42 Å². The number of ether oxygens (including phenoxy) is 2. The first-order valence-corrected chi connectivity index (χ1v) is 11.0. The number of hydrogen-bond acceptors (Lipinski definition) is 5. The van der Waals surface area contributed by atoms with Crippen molar-refractivity contribution in [2.45, 2.75) is 18.2 Å². The molecule has 0 aliphatic carbocycles. The highest BCUT2D eigenvalue weighted by Crippen LogP contribution is 2.19. The summed E-state index contributed by atoms with van der Waals surface area (Å²) in [6.07, 6.45) is 0.583. The Hall–Kier alpha value is -2.58. The summed E-state index contributed by atoms with van der Waals surface area (Å²) in [5.41, 5.74) is 1.01. The predicted octanol–water partition coefficient (Wildman–Crippen LogP) is 2.31. The molecule has 1 heterocycles. The molecule has 0 bridgehead atoms. The molecular weight excluding hydrogens is 392 g/mol. The van der Waals surface area contributed by atoms with E-state index < -0.39 is 10.0 Å². The van der Waals surface area contributed by atoms with Crippen molar-refractivity contribution in [2.75, 3.05) is 39.9 Å². The summed E-state index contributed by atoms with van der Waals surface area (Å²) in [4.78, 5) is 14.5. The van der Waals surface area contributed by atoms with Gasteiger partial charge in [0.15, 0.2) is 6.61 Å². The second-order valence-corrected chi connectivity index (χ2v) is 8.85. The fraction of sp³-hybridized carbons (Fsp3) is 0.381. The molecule has 0 N–H and O–H groups in total. The quantitative estimate of drug-likeness (QED) is 0.720. The lowest BCUT2D eigenvalue weighted by molar-refractivity contribution is -0.133. The average molecular weight is 419 g/mol. The summed E-state index contributed by atoms with van der Waals surface area (Å²) in [7, 11) is -1.98. The van der Waals surface area contributed by atoms with E-state index in [4.69, 9.17) is 9.47 Å². The number of benzene rings is 2. The molecule has 29 heavy (non-hydrogen) atoms. The van der Waals surface area contributed by atoms with Gasteiger partial charge >= 0.3 is 0 Å². The minimum Gasteiger partial charge on any atom is -0.497 e. The Morgan fingerprint density at radius 2 is 1.59 bits per heavy atom. The van der Waals surface area contributed by atoms with Gasteiger partial charge in [0.05, 0.1) is 12.0 Å². The van der Waals surface area contributed by atoms with E-state index in [-0.39, 0.29) is 24.0 Å². The molecule has 3 rings (SSSR count). The molecule has 1 aliphatic rings. The Balaban J connectivity index is 1.57. The van der Waals surface area contributed by atoms with Crippen molar-refractivity contribution in [1.82, 2.24) is 9.21 Å². The molecule has 0 atom stereocenters. The van der Waals surface area contributed by atoms with Crippen LogP contribution in [0.1, 0.15) is 12.0 Å². The fourth-order valence-corrected chi connectivity index (χ4v) is 4.62. The van der Waals surface area contributed by atoms with Gasteiger partial charge in [-0.05, 0) is 49.7 Å². The monoisotopic (exact) mass is 418 g/mol. The summed E-state index contributed by atoms with van der Waals surface area (Å²) in [6, 6.07) is 13.8. The molecule has 0 saturated carbocycles. The van der Waals surface area contributed by atoms with E-state index in [0.717, 1.165) is 5.56 Å². The number of methoxy groups -OCH3 is 1. The van der Waals surface area contributed by atoms with Crippen molar-refractivity contribution in [3.63, 3.8) is 0 Å². The van der Waals surface area contributed by atoms with Crippen LogP contribution in [0.25, 0.3) is 0 Å². The van der Waals surface area contributed by atoms with Gasteiger partial charge in [0.2, 0.25) is 10.0 Å². The third-order valence-electron chi connectivity index (χ3n) is 4.89. The molecule has 1 aliphatic heterocycles. The minimum absolute atomic E-state index is 0.0863. The maximum atomic E-state index is 12.9. The number of amides is 1. The number of rotatable bonds is 6. The molecule has 0 spiro atoms. The molecular formula is C21H26N2O5S. The number of nitrogens with zero attached hydrogens (tertiary/aromatic N) is 2. The van der Waals surface area contributed by atoms with Crippen LogP contribution in [0.15, 0.2) is 53.4 Å². The highest BCUT2D eigenvalue weighted by molar-refractivity contribution is 7.89. The molecule has 156 valence electrons. The lowest BCUT2D eigenvalue weighted by Crippen LogP contribution is -2.39. The van der Waals surface area contributed by atoms with Crippen LogP contribution < -0.4 is 9.47 Å². The standard InChI is InChI=1S/C21H26N2O5S/c1-17-4-10-20(11-5-17)29(25,26)23-13-3-12-22(14-15-23)21(24)16-28-19-8-6-18(27-2)7-9-19/h4-11H,3,12-16H2,1-2H3. The predicted molar refractivity (Wildman–Crippen MR) is 110 cm³/mol. The molecule has 7 nitrogen and oxygen atoms in total. The van der Waals surface area contributed by atoms with Crippen molar-refractivity contribution in [2.24, 2.45) is 0 Å². The molecule has 0 unspecified atom stereocenters. The summed E-state index contributed by atoms with van der Waals surface area (Å²) >= 11 is 0. The van der Waals surface area contributed by atoms with Crippen molar-refractivity contribution in [1.29, 1.82) is 0 Å². The van der Waals surface area contributed by atoms with E-state index in [1.807, 2.05) is 6.92 Å². The van der Waals surface area contributed by atoms with Gasteiger partial charge in [0, 0.05) is 26.2 Å². The molecule has 1 saturated heterocycles. The number of carbonyl (C=O) groups excluding carboxylic acids is 1. The molecule has 8 heteroatoms. The first-order valence-electron chi connectivity index (χ1n) is 9.51. The maximum absolute atomic E-state index is 12.9. The number of aryl methyl sites for hydroxylation is 1. The lowest BCUT2D eigenvalue weighted by Gasteiger charge is -2.22. The Labute approximate surface area is 171 Å². The van der Waals surface area contributed by atoms with Crippen molar-refractivity contribution < 1.29 is 22.7 Å². The van der Waals surface area contributed by atoms with Gasteiger partial charge < -0.3 is 14.4 Å². The number of carbonyl (C=O) groups is 1. The minimum atomic E-state index is -3.56. The van der Waals surface area contributed by atoms with Crippen molar-refractivity contribution in [3.05, 3.63) is 54.1 Å². The van der Waals surface area contributed by atoms with Crippen molar-refractivity contribution >= 4 is 15.9 Å². The van der Waals surface area contributed by atoms with Crippen LogP contribution in [-0.2, 0) is 14.8 Å². The van der Waals surface area contributed by atoms with E-state index in [0.29, 0.717) is 37.6 Å². The van der Waals surface area contributed by atoms with Crippen LogP contribution in [0.3, 0.4) is 0 Å². The highest BCUT2D eigenvalue weighted by atomic mass is 32.2. The van der Waals surface area contributed by atoms with Crippen LogP contribution >= 0.6 is 0 Å². The largest absolute Gasteiger partial charge is 0.497 e. The topological polar surface area (TPSA) is 76.2 Å². The van der Waals surface area contributed by atoms with E-state index in [1.165, 1.54) is 4.31 Å². The molecule has 0 radical (unpaired) electrons. The Morgan fingerprint density at radius 1 is 0.931 bits per heavy atom. The third-order valence-corrected chi connectivity index (χ3v) is 6.80. The van der Waals surface area contributed by atoms with E-state index in [9.17, 15) is 13.2 Å². The SMILES string of the molecule is COc1ccc(OCC(=O)N2CCCN(S(=O)(=O)c3ccc(C)cc3)CC2)cc1. The second-order valence-electron chi connectivity index (χ2n) is 6.92. The van der Waals surface area contributed by atoms with Gasteiger partial charge in [0.25, 0.3) is 5.91 Å². The van der Waals surface area contributed by atoms with Crippen LogP contribution in [0.4, 0.5) is 0 Å². The highest BCUT2D eigenvalue weighted by Gasteiger charge is 2.28.